The van der Waals surface area contributed by atoms with Crippen LogP contribution >= 0.6 is 0 Å². The Hall–Kier alpha value is -1.81. The van der Waals surface area contributed by atoms with Gasteiger partial charge in [0.05, 0.1) is 19.1 Å². The van der Waals surface area contributed by atoms with Crippen LogP contribution in [0.2, 0.25) is 0 Å². The van der Waals surface area contributed by atoms with Crippen LogP contribution in [0.25, 0.3) is 0 Å². The lowest BCUT2D eigenvalue weighted by atomic mass is 10.0. The van der Waals surface area contributed by atoms with Gasteiger partial charge in [0.15, 0.2) is 0 Å². The molecule has 4 heteroatoms. The lowest BCUT2D eigenvalue weighted by molar-refractivity contribution is 0.414. The van der Waals surface area contributed by atoms with Gasteiger partial charge in [0.1, 0.15) is 5.75 Å². The van der Waals surface area contributed by atoms with Crippen LogP contribution < -0.4 is 10.5 Å². The molecule has 4 nitrogen and oxygen atoms in total. The maximum Gasteiger partial charge on any atom is 0.119 e. The third kappa shape index (κ3) is 3.61. The number of hydrogen-bond donors (Lipinski definition) is 1. The van der Waals surface area contributed by atoms with Crippen molar-refractivity contribution in [3.8, 4) is 5.75 Å². The van der Waals surface area contributed by atoms with Crippen LogP contribution in [0.5, 0.6) is 5.75 Å². The van der Waals surface area contributed by atoms with Crippen LogP contribution in [0.1, 0.15) is 37.6 Å². The number of nitrogens with zero attached hydrogens (tertiary/aromatic N) is 2. The summed E-state index contributed by atoms with van der Waals surface area (Å²) in [5, 5.41) is 0. The van der Waals surface area contributed by atoms with Crippen LogP contribution in [0.15, 0.2) is 36.8 Å². The third-order valence-electron chi connectivity index (χ3n) is 3.34. The molecule has 0 bridgehead atoms. The maximum absolute atomic E-state index is 6.27. The first-order valence-electron chi connectivity index (χ1n) is 6.98. The van der Waals surface area contributed by atoms with Gasteiger partial charge in [-0.3, -0.25) is 0 Å². The second kappa shape index (κ2) is 6.57. The minimum atomic E-state index is 0.0307. The third-order valence-corrected chi connectivity index (χ3v) is 3.34. The van der Waals surface area contributed by atoms with Crippen molar-refractivity contribution in [1.29, 1.82) is 0 Å². The quantitative estimate of drug-likeness (QED) is 0.880. The second-order valence-electron chi connectivity index (χ2n) is 5.53. The van der Waals surface area contributed by atoms with Gasteiger partial charge in [-0.1, -0.05) is 26.0 Å². The summed E-state index contributed by atoms with van der Waals surface area (Å²) in [4.78, 5) is 4.24. The van der Waals surface area contributed by atoms with Crippen molar-refractivity contribution in [2.24, 2.45) is 11.7 Å². The molecule has 1 aromatic carbocycles. The Morgan fingerprint density at radius 3 is 2.85 bits per heavy atom. The fourth-order valence-electron chi connectivity index (χ4n) is 2.37. The predicted octanol–water partition coefficient (Wildman–Crippen LogP) is 2.99. The summed E-state index contributed by atoms with van der Waals surface area (Å²) in [6.45, 7) is 5.13. The first-order chi connectivity index (χ1) is 9.60. The van der Waals surface area contributed by atoms with Crippen LogP contribution in [0.4, 0.5) is 0 Å². The van der Waals surface area contributed by atoms with E-state index >= 15 is 0 Å². The highest BCUT2D eigenvalue weighted by Crippen LogP contribution is 2.20. The van der Waals surface area contributed by atoms with Gasteiger partial charge >= 0.3 is 0 Å². The summed E-state index contributed by atoms with van der Waals surface area (Å²) in [5.74, 6) is 1.45. The monoisotopic (exact) mass is 273 g/mol. The average molecular weight is 273 g/mol. The molecule has 0 aliphatic heterocycles. The van der Waals surface area contributed by atoms with Crippen LogP contribution in [0.3, 0.4) is 0 Å². The molecule has 2 rings (SSSR count). The van der Waals surface area contributed by atoms with E-state index in [1.807, 2.05) is 30.7 Å². The zero-order chi connectivity index (χ0) is 14.5. The fraction of sp³-hybridized carbons (Fsp3) is 0.438. The zero-order valence-corrected chi connectivity index (χ0v) is 12.4. The van der Waals surface area contributed by atoms with Gasteiger partial charge in [0, 0.05) is 18.8 Å². The fourth-order valence-corrected chi connectivity index (χ4v) is 2.37. The molecule has 0 spiro atoms. The van der Waals surface area contributed by atoms with Crippen molar-refractivity contribution in [2.45, 2.75) is 32.9 Å². The lowest BCUT2D eigenvalue weighted by Crippen LogP contribution is -2.17. The standard InChI is InChI=1S/C16H23N3O/c1-12(2)7-15(17)16-9-18-11-19(16)10-13-5-4-6-14(8-13)20-3/h4-6,8-9,11-12,15H,7,10,17H2,1-3H3. The normalized spacial score (nSPS) is 12.7. The van der Waals surface area contributed by atoms with E-state index in [2.05, 4.69) is 29.5 Å². The van der Waals surface area contributed by atoms with E-state index in [9.17, 15) is 0 Å². The number of nitrogens with two attached hydrogens (primary N) is 1. The van der Waals surface area contributed by atoms with Crippen molar-refractivity contribution in [2.75, 3.05) is 7.11 Å². The van der Waals surface area contributed by atoms with E-state index in [0.29, 0.717) is 5.92 Å². The van der Waals surface area contributed by atoms with Crippen molar-refractivity contribution >= 4 is 0 Å². The van der Waals surface area contributed by atoms with Gasteiger partial charge < -0.3 is 15.0 Å². The van der Waals surface area contributed by atoms with Gasteiger partial charge in [0.2, 0.25) is 0 Å². The van der Waals surface area contributed by atoms with Crippen LogP contribution in [-0.2, 0) is 6.54 Å². The summed E-state index contributed by atoms with van der Waals surface area (Å²) in [6, 6.07) is 8.10. The minimum absolute atomic E-state index is 0.0307. The number of hydrogen-bond acceptors (Lipinski definition) is 3. The number of rotatable bonds is 6. The smallest absolute Gasteiger partial charge is 0.119 e. The Balaban J connectivity index is 2.15. The summed E-state index contributed by atoms with van der Waals surface area (Å²) in [7, 11) is 1.68. The molecule has 0 saturated carbocycles. The first-order valence-corrected chi connectivity index (χ1v) is 6.98. The molecular formula is C16H23N3O. The molecule has 2 aromatic rings. The SMILES string of the molecule is COc1cccc(Cn2cncc2C(N)CC(C)C)c1. The number of imidazole rings is 1. The average Bonchev–Trinajstić information content (AvgIpc) is 2.86. The summed E-state index contributed by atoms with van der Waals surface area (Å²) < 4.78 is 7.37. The van der Waals surface area contributed by atoms with Crippen molar-refractivity contribution < 1.29 is 4.74 Å². The summed E-state index contributed by atoms with van der Waals surface area (Å²) in [6.07, 6.45) is 4.67. The van der Waals surface area contributed by atoms with E-state index in [1.54, 1.807) is 7.11 Å². The summed E-state index contributed by atoms with van der Waals surface area (Å²) >= 11 is 0. The lowest BCUT2D eigenvalue weighted by Gasteiger charge is -2.16. The highest BCUT2D eigenvalue weighted by atomic mass is 16.5. The predicted molar refractivity (Wildman–Crippen MR) is 80.7 cm³/mol. The molecule has 0 aliphatic carbocycles. The topological polar surface area (TPSA) is 53.1 Å². The Bertz CT molecular complexity index is 548. The largest absolute Gasteiger partial charge is 0.497 e. The Morgan fingerprint density at radius 2 is 2.15 bits per heavy atom. The van der Waals surface area contributed by atoms with E-state index in [1.165, 1.54) is 5.56 Å². The highest BCUT2D eigenvalue weighted by Gasteiger charge is 2.13. The molecule has 1 heterocycles. The van der Waals surface area contributed by atoms with Crippen LogP contribution in [0, 0.1) is 5.92 Å². The number of ether oxygens (including phenoxy) is 1. The molecule has 1 unspecified atom stereocenters. The maximum atomic E-state index is 6.27. The Labute approximate surface area is 120 Å². The Morgan fingerprint density at radius 1 is 1.35 bits per heavy atom. The van der Waals surface area contributed by atoms with E-state index < -0.39 is 0 Å². The molecule has 0 saturated heterocycles. The Kier molecular flexibility index (Phi) is 4.79. The van der Waals surface area contributed by atoms with Crippen LogP contribution in [-0.4, -0.2) is 16.7 Å². The molecule has 1 atom stereocenters. The molecule has 2 N–H and O–H groups in total. The zero-order valence-electron chi connectivity index (χ0n) is 12.4. The highest BCUT2D eigenvalue weighted by molar-refractivity contribution is 5.29. The van der Waals surface area contributed by atoms with Crippen molar-refractivity contribution in [1.82, 2.24) is 9.55 Å². The molecule has 0 radical (unpaired) electrons. The molecule has 108 valence electrons. The summed E-state index contributed by atoms with van der Waals surface area (Å²) in [5.41, 5.74) is 8.53. The second-order valence-corrected chi connectivity index (χ2v) is 5.53. The van der Waals surface area contributed by atoms with Gasteiger partial charge in [0.25, 0.3) is 0 Å². The van der Waals surface area contributed by atoms with E-state index in [-0.39, 0.29) is 6.04 Å². The van der Waals surface area contributed by atoms with Gasteiger partial charge in [-0.05, 0) is 30.0 Å². The molecule has 0 aliphatic rings. The van der Waals surface area contributed by atoms with E-state index in [4.69, 9.17) is 10.5 Å². The van der Waals surface area contributed by atoms with Gasteiger partial charge in [-0.2, -0.15) is 0 Å². The number of methoxy groups -OCH3 is 1. The van der Waals surface area contributed by atoms with Gasteiger partial charge in [-0.15, -0.1) is 0 Å². The molecule has 1 aromatic heterocycles. The van der Waals surface area contributed by atoms with E-state index in [0.717, 1.165) is 24.4 Å². The molecule has 0 fully saturated rings. The molecule has 20 heavy (non-hydrogen) atoms. The number of aromatic nitrogens is 2. The van der Waals surface area contributed by atoms with Crippen molar-refractivity contribution in [3.05, 3.63) is 48.0 Å². The first kappa shape index (κ1) is 14.6. The number of benzene rings is 1. The van der Waals surface area contributed by atoms with Crippen molar-refractivity contribution in [3.63, 3.8) is 0 Å². The molecular weight excluding hydrogens is 250 g/mol. The molecule has 0 amide bonds. The minimum Gasteiger partial charge on any atom is -0.497 e. The van der Waals surface area contributed by atoms with Gasteiger partial charge in [-0.25, -0.2) is 4.98 Å².